The number of pyridine rings is 1. The molecule has 0 aliphatic carbocycles. The summed E-state index contributed by atoms with van der Waals surface area (Å²) >= 11 is 3.38. The van der Waals surface area contributed by atoms with Gasteiger partial charge in [-0.25, -0.2) is 9.97 Å². The number of nitrogens with zero attached hydrogens (tertiary/aromatic N) is 3. The van der Waals surface area contributed by atoms with Crippen LogP contribution in [0.4, 0.5) is 11.4 Å². The molecule has 2 rings (SSSR count). The van der Waals surface area contributed by atoms with Crippen molar-refractivity contribution >= 4 is 27.3 Å². The second-order valence-corrected chi connectivity index (χ2v) is 3.99. The molecule has 3 N–H and O–H groups in total. The Balaban J connectivity index is 2.11. The molecular formula is C10H10BrN5. The van der Waals surface area contributed by atoms with E-state index in [2.05, 4.69) is 36.2 Å². The third-order valence-electron chi connectivity index (χ3n) is 2.02. The van der Waals surface area contributed by atoms with Crippen LogP contribution in [0.5, 0.6) is 0 Å². The Morgan fingerprint density at radius 2 is 2.19 bits per heavy atom. The Labute approximate surface area is 101 Å². The van der Waals surface area contributed by atoms with Gasteiger partial charge < -0.3 is 11.1 Å². The van der Waals surface area contributed by atoms with Crippen LogP contribution in [0.3, 0.4) is 0 Å². The van der Waals surface area contributed by atoms with Crippen LogP contribution in [-0.2, 0) is 6.54 Å². The topological polar surface area (TPSA) is 76.7 Å². The number of nitrogens with one attached hydrogen (secondary N) is 1. The van der Waals surface area contributed by atoms with Crippen molar-refractivity contribution in [2.24, 2.45) is 0 Å². The standard InChI is InChI=1S/C10H10BrN5/c11-8-4-14-5-9(12)10(8)15-3-7-1-2-13-6-16-7/h1-2,4-6H,3,12H2,(H,14,15). The maximum Gasteiger partial charge on any atom is 0.115 e. The monoisotopic (exact) mass is 279 g/mol. The molecule has 0 unspecified atom stereocenters. The molecular weight excluding hydrogens is 270 g/mol. The minimum atomic E-state index is 0.593. The van der Waals surface area contributed by atoms with Gasteiger partial charge in [-0.2, -0.15) is 0 Å². The summed E-state index contributed by atoms with van der Waals surface area (Å²) in [7, 11) is 0. The van der Waals surface area contributed by atoms with Gasteiger partial charge >= 0.3 is 0 Å². The lowest BCUT2D eigenvalue weighted by Crippen LogP contribution is -2.05. The number of nitrogen functional groups attached to an aromatic ring is 1. The van der Waals surface area contributed by atoms with E-state index in [1.807, 2.05) is 6.07 Å². The molecule has 0 saturated carbocycles. The average Bonchev–Trinajstić information content (AvgIpc) is 2.30. The molecule has 0 bridgehead atoms. The van der Waals surface area contributed by atoms with E-state index < -0.39 is 0 Å². The van der Waals surface area contributed by atoms with Crippen LogP contribution in [-0.4, -0.2) is 15.0 Å². The van der Waals surface area contributed by atoms with Crippen LogP contribution in [0.1, 0.15) is 5.69 Å². The highest BCUT2D eigenvalue weighted by molar-refractivity contribution is 9.10. The molecule has 0 radical (unpaired) electrons. The van der Waals surface area contributed by atoms with Gasteiger partial charge in [0.2, 0.25) is 0 Å². The van der Waals surface area contributed by atoms with E-state index in [1.165, 1.54) is 6.33 Å². The minimum Gasteiger partial charge on any atom is -0.396 e. The van der Waals surface area contributed by atoms with Crippen molar-refractivity contribution in [2.75, 3.05) is 11.1 Å². The molecule has 2 aromatic heterocycles. The minimum absolute atomic E-state index is 0.593. The van der Waals surface area contributed by atoms with Crippen molar-refractivity contribution in [3.05, 3.63) is 41.2 Å². The molecule has 0 amide bonds. The summed E-state index contributed by atoms with van der Waals surface area (Å²) in [6.07, 6.45) is 6.52. The molecule has 0 fully saturated rings. The molecule has 0 aliphatic rings. The summed E-state index contributed by atoms with van der Waals surface area (Å²) < 4.78 is 0.835. The number of aromatic nitrogens is 3. The van der Waals surface area contributed by atoms with Crippen molar-refractivity contribution in [1.29, 1.82) is 0 Å². The zero-order valence-electron chi connectivity index (χ0n) is 8.39. The lowest BCUT2D eigenvalue weighted by molar-refractivity contribution is 1.00. The van der Waals surface area contributed by atoms with Crippen LogP contribution >= 0.6 is 15.9 Å². The van der Waals surface area contributed by atoms with Crippen LogP contribution < -0.4 is 11.1 Å². The molecule has 6 heteroatoms. The number of hydrogen-bond donors (Lipinski definition) is 2. The summed E-state index contributed by atoms with van der Waals surface area (Å²) in [5.74, 6) is 0. The summed E-state index contributed by atoms with van der Waals surface area (Å²) in [6.45, 7) is 0.593. The van der Waals surface area contributed by atoms with Crippen molar-refractivity contribution in [1.82, 2.24) is 15.0 Å². The van der Waals surface area contributed by atoms with Crippen LogP contribution in [0.25, 0.3) is 0 Å². The first-order chi connectivity index (χ1) is 7.77. The molecule has 0 atom stereocenters. The van der Waals surface area contributed by atoms with E-state index in [9.17, 15) is 0 Å². The second kappa shape index (κ2) is 4.89. The molecule has 5 nitrogen and oxygen atoms in total. The average molecular weight is 280 g/mol. The number of halogens is 1. The van der Waals surface area contributed by atoms with E-state index in [4.69, 9.17) is 5.73 Å². The third kappa shape index (κ3) is 2.46. The van der Waals surface area contributed by atoms with Crippen molar-refractivity contribution < 1.29 is 0 Å². The van der Waals surface area contributed by atoms with Crippen molar-refractivity contribution in [3.63, 3.8) is 0 Å². The molecule has 0 aromatic carbocycles. The largest absolute Gasteiger partial charge is 0.396 e. The quantitative estimate of drug-likeness (QED) is 0.897. The molecule has 16 heavy (non-hydrogen) atoms. The molecule has 82 valence electrons. The molecule has 2 aromatic rings. The van der Waals surface area contributed by atoms with Gasteiger partial charge in [0.25, 0.3) is 0 Å². The molecule has 0 saturated heterocycles. The van der Waals surface area contributed by atoms with Gasteiger partial charge in [-0.1, -0.05) is 0 Å². The lowest BCUT2D eigenvalue weighted by atomic mass is 10.3. The second-order valence-electron chi connectivity index (χ2n) is 3.14. The smallest absolute Gasteiger partial charge is 0.115 e. The fourth-order valence-electron chi connectivity index (χ4n) is 1.24. The predicted molar refractivity (Wildman–Crippen MR) is 65.7 cm³/mol. The van der Waals surface area contributed by atoms with Gasteiger partial charge in [-0.15, -0.1) is 0 Å². The van der Waals surface area contributed by atoms with Crippen molar-refractivity contribution in [3.8, 4) is 0 Å². The highest BCUT2D eigenvalue weighted by Gasteiger charge is 2.04. The number of rotatable bonds is 3. The van der Waals surface area contributed by atoms with E-state index >= 15 is 0 Å². The first-order valence-electron chi connectivity index (χ1n) is 4.65. The zero-order valence-corrected chi connectivity index (χ0v) is 9.98. The normalized spacial score (nSPS) is 10.1. The fourth-order valence-corrected chi connectivity index (χ4v) is 1.73. The van der Waals surface area contributed by atoms with Crippen LogP contribution in [0, 0.1) is 0 Å². The van der Waals surface area contributed by atoms with Gasteiger partial charge in [0.1, 0.15) is 6.33 Å². The Bertz CT molecular complexity index is 454. The Morgan fingerprint density at radius 3 is 2.88 bits per heavy atom. The lowest BCUT2D eigenvalue weighted by Gasteiger charge is -2.09. The van der Waals surface area contributed by atoms with Gasteiger partial charge in [0, 0.05) is 12.4 Å². The Morgan fingerprint density at radius 1 is 1.31 bits per heavy atom. The Hall–Kier alpha value is -1.69. The number of nitrogens with two attached hydrogens (primary N) is 1. The molecule has 0 spiro atoms. The maximum absolute atomic E-state index is 5.80. The third-order valence-corrected chi connectivity index (χ3v) is 2.62. The van der Waals surface area contributed by atoms with E-state index in [0.717, 1.165) is 15.9 Å². The van der Waals surface area contributed by atoms with E-state index in [1.54, 1.807) is 18.6 Å². The predicted octanol–water partition coefficient (Wildman–Crippen LogP) is 1.83. The van der Waals surface area contributed by atoms with Gasteiger partial charge in [0.05, 0.1) is 34.3 Å². The van der Waals surface area contributed by atoms with E-state index in [-0.39, 0.29) is 0 Å². The number of anilines is 2. The SMILES string of the molecule is Nc1cncc(Br)c1NCc1ccncn1. The zero-order chi connectivity index (χ0) is 11.4. The molecule has 0 aliphatic heterocycles. The summed E-state index contributed by atoms with van der Waals surface area (Å²) in [4.78, 5) is 11.9. The Kier molecular flexibility index (Phi) is 3.31. The van der Waals surface area contributed by atoms with Gasteiger partial charge in [-0.3, -0.25) is 4.98 Å². The van der Waals surface area contributed by atoms with Crippen molar-refractivity contribution in [2.45, 2.75) is 6.54 Å². The fraction of sp³-hybridized carbons (Fsp3) is 0.100. The highest BCUT2D eigenvalue weighted by atomic mass is 79.9. The summed E-state index contributed by atoms with van der Waals surface area (Å²) in [5, 5.41) is 3.20. The van der Waals surface area contributed by atoms with Gasteiger partial charge in [-0.05, 0) is 22.0 Å². The number of hydrogen-bond acceptors (Lipinski definition) is 5. The molecule has 2 heterocycles. The first kappa shape index (κ1) is 10.8. The summed E-state index contributed by atoms with van der Waals surface area (Å²) in [6, 6.07) is 1.85. The maximum atomic E-state index is 5.80. The first-order valence-corrected chi connectivity index (χ1v) is 5.44. The van der Waals surface area contributed by atoms with Crippen LogP contribution in [0.15, 0.2) is 35.5 Å². The summed E-state index contributed by atoms with van der Waals surface area (Å²) in [5.41, 5.74) is 8.13. The van der Waals surface area contributed by atoms with Crippen LogP contribution in [0.2, 0.25) is 0 Å². The highest BCUT2D eigenvalue weighted by Crippen LogP contribution is 2.27. The van der Waals surface area contributed by atoms with E-state index in [0.29, 0.717) is 12.2 Å². The van der Waals surface area contributed by atoms with Gasteiger partial charge in [0.15, 0.2) is 0 Å².